The number of amides is 2. The molecule has 2 amide bonds. The topological polar surface area (TPSA) is 107 Å². The summed E-state index contributed by atoms with van der Waals surface area (Å²) in [5.41, 5.74) is 0.419. The molecular formula is C11H15N7O2. The van der Waals surface area contributed by atoms with Crippen molar-refractivity contribution in [2.45, 2.75) is 31.7 Å². The van der Waals surface area contributed by atoms with Crippen molar-refractivity contribution in [3.8, 4) is 0 Å². The highest BCUT2D eigenvalue weighted by molar-refractivity contribution is 6.39. The predicted octanol–water partition coefficient (Wildman–Crippen LogP) is -0.529. The van der Waals surface area contributed by atoms with Crippen LogP contribution >= 0.6 is 0 Å². The van der Waals surface area contributed by atoms with Gasteiger partial charge in [0.2, 0.25) is 5.91 Å². The number of hydrogen-bond donors (Lipinski definition) is 1. The van der Waals surface area contributed by atoms with Crippen LogP contribution in [0.1, 0.15) is 37.5 Å². The van der Waals surface area contributed by atoms with Crippen LogP contribution in [0.25, 0.3) is 0 Å². The zero-order valence-corrected chi connectivity index (χ0v) is 11.1. The number of H-pyrrole nitrogens is 1. The van der Waals surface area contributed by atoms with Gasteiger partial charge in [0.15, 0.2) is 5.82 Å². The van der Waals surface area contributed by atoms with Gasteiger partial charge >= 0.3 is 0 Å². The minimum Gasteiger partial charge on any atom is -0.327 e. The number of carbonyl (C=O) groups excluding carboxylic acids is 2. The Morgan fingerprint density at radius 1 is 1.40 bits per heavy atom. The Bertz CT molecular complexity index is 553. The summed E-state index contributed by atoms with van der Waals surface area (Å²) in [7, 11) is 1.56. The largest absolute Gasteiger partial charge is 0.327 e. The number of nitrogens with zero attached hydrogens (tertiary/aromatic N) is 6. The Balaban J connectivity index is 1.80. The first-order valence-corrected chi connectivity index (χ1v) is 6.55. The Morgan fingerprint density at radius 2 is 2.25 bits per heavy atom. The molecule has 3 heterocycles. The summed E-state index contributed by atoms with van der Waals surface area (Å²) in [5.74, 6) is 0.311. The molecule has 3 rings (SSSR count). The molecule has 0 bridgehead atoms. The Labute approximate surface area is 115 Å². The molecule has 1 aromatic heterocycles. The SMILES string of the molecule is CN1N=C(C(=O)N2CCCC2c2nn[nH]n2)CCC1=O. The summed E-state index contributed by atoms with van der Waals surface area (Å²) in [5, 5.41) is 19.2. The maximum Gasteiger partial charge on any atom is 0.270 e. The number of tetrazole rings is 1. The van der Waals surface area contributed by atoms with Crippen LogP contribution in [0, 0.1) is 0 Å². The zero-order valence-electron chi connectivity index (χ0n) is 11.1. The molecule has 1 atom stereocenters. The first-order chi connectivity index (χ1) is 9.66. The number of carbonyl (C=O) groups is 2. The third kappa shape index (κ3) is 2.15. The number of aromatic nitrogens is 4. The second kappa shape index (κ2) is 4.99. The van der Waals surface area contributed by atoms with Gasteiger partial charge in [-0.1, -0.05) is 5.21 Å². The van der Waals surface area contributed by atoms with Gasteiger partial charge in [0, 0.05) is 26.4 Å². The highest BCUT2D eigenvalue weighted by Crippen LogP contribution is 2.30. The number of hydrazone groups is 1. The molecule has 9 heteroatoms. The van der Waals surface area contributed by atoms with E-state index >= 15 is 0 Å². The normalized spacial score (nSPS) is 23.1. The van der Waals surface area contributed by atoms with E-state index in [1.165, 1.54) is 5.01 Å². The first-order valence-electron chi connectivity index (χ1n) is 6.55. The van der Waals surface area contributed by atoms with E-state index in [0.29, 0.717) is 30.9 Å². The molecule has 20 heavy (non-hydrogen) atoms. The fraction of sp³-hybridized carbons (Fsp3) is 0.636. The van der Waals surface area contributed by atoms with E-state index in [9.17, 15) is 9.59 Å². The summed E-state index contributed by atoms with van der Waals surface area (Å²) >= 11 is 0. The lowest BCUT2D eigenvalue weighted by molar-refractivity contribution is -0.130. The Hall–Kier alpha value is -2.32. The van der Waals surface area contributed by atoms with Crippen LogP contribution in [0.4, 0.5) is 0 Å². The molecule has 1 N–H and O–H groups in total. The fourth-order valence-corrected chi connectivity index (χ4v) is 2.58. The fourth-order valence-electron chi connectivity index (χ4n) is 2.58. The van der Waals surface area contributed by atoms with Crippen molar-refractivity contribution in [2.75, 3.05) is 13.6 Å². The van der Waals surface area contributed by atoms with Gasteiger partial charge in [0.1, 0.15) is 5.71 Å². The van der Waals surface area contributed by atoms with Gasteiger partial charge in [-0.15, -0.1) is 10.2 Å². The molecule has 1 aromatic rings. The van der Waals surface area contributed by atoms with E-state index in [4.69, 9.17) is 0 Å². The Morgan fingerprint density at radius 3 is 2.95 bits per heavy atom. The highest BCUT2D eigenvalue weighted by atomic mass is 16.2. The van der Waals surface area contributed by atoms with Crippen LogP contribution in [0.5, 0.6) is 0 Å². The summed E-state index contributed by atoms with van der Waals surface area (Å²) < 4.78 is 0. The highest BCUT2D eigenvalue weighted by Gasteiger charge is 2.36. The minimum atomic E-state index is -0.160. The van der Waals surface area contributed by atoms with Crippen molar-refractivity contribution in [3.63, 3.8) is 0 Å². The quantitative estimate of drug-likeness (QED) is 0.782. The molecule has 0 aromatic carbocycles. The number of rotatable bonds is 2. The van der Waals surface area contributed by atoms with Crippen molar-refractivity contribution >= 4 is 17.5 Å². The second-order valence-corrected chi connectivity index (χ2v) is 4.89. The van der Waals surface area contributed by atoms with Crippen molar-refractivity contribution < 1.29 is 9.59 Å². The lowest BCUT2D eigenvalue weighted by atomic mass is 10.1. The van der Waals surface area contributed by atoms with Crippen molar-refractivity contribution in [2.24, 2.45) is 5.10 Å². The molecule has 2 aliphatic rings. The van der Waals surface area contributed by atoms with Crippen molar-refractivity contribution in [1.82, 2.24) is 30.5 Å². The van der Waals surface area contributed by atoms with Crippen LogP contribution in [0.3, 0.4) is 0 Å². The van der Waals surface area contributed by atoms with Gasteiger partial charge in [0.25, 0.3) is 5.91 Å². The molecule has 0 spiro atoms. The molecule has 1 unspecified atom stereocenters. The lowest BCUT2D eigenvalue weighted by Gasteiger charge is -2.25. The average molecular weight is 277 g/mol. The molecule has 9 nitrogen and oxygen atoms in total. The summed E-state index contributed by atoms with van der Waals surface area (Å²) in [4.78, 5) is 25.6. The summed E-state index contributed by atoms with van der Waals surface area (Å²) in [6.45, 7) is 0.648. The minimum absolute atomic E-state index is 0.0716. The second-order valence-electron chi connectivity index (χ2n) is 4.89. The third-order valence-corrected chi connectivity index (χ3v) is 3.63. The third-order valence-electron chi connectivity index (χ3n) is 3.63. The molecule has 1 fully saturated rings. The van der Waals surface area contributed by atoms with Gasteiger partial charge in [-0.25, -0.2) is 5.01 Å². The molecule has 2 aliphatic heterocycles. The van der Waals surface area contributed by atoms with Gasteiger partial charge in [-0.2, -0.15) is 10.3 Å². The van der Waals surface area contributed by atoms with Gasteiger partial charge < -0.3 is 4.90 Å². The molecule has 106 valence electrons. The molecular weight excluding hydrogens is 262 g/mol. The van der Waals surface area contributed by atoms with Crippen LogP contribution in [-0.2, 0) is 9.59 Å². The van der Waals surface area contributed by atoms with Crippen molar-refractivity contribution in [3.05, 3.63) is 5.82 Å². The van der Waals surface area contributed by atoms with Crippen LogP contribution in [0.15, 0.2) is 5.10 Å². The average Bonchev–Trinajstić information content (AvgIpc) is 3.10. The zero-order chi connectivity index (χ0) is 14.1. The number of aromatic amines is 1. The molecule has 0 saturated carbocycles. The first kappa shape index (κ1) is 12.7. The van der Waals surface area contributed by atoms with E-state index in [2.05, 4.69) is 25.7 Å². The lowest BCUT2D eigenvalue weighted by Crippen LogP contribution is -2.40. The number of hydrogen-bond acceptors (Lipinski definition) is 6. The standard InChI is InChI=1S/C11H15N7O2/c1-17-9(19)5-4-7(14-17)11(20)18-6-2-3-8(18)10-12-15-16-13-10/h8H,2-6H2,1H3,(H,12,13,15,16). The molecule has 1 saturated heterocycles. The van der Waals surface area contributed by atoms with Crippen LogP contribution in [0.2, 0.25) is 0 Å². The van der Waals surface area contributed by atoms with E-state index in [0.717, 1.165) is 12.8 Å². The van der Waals surface area contributed by atoms with Gasteiger partial charge in [-0.3, -0.25) is 9.59 Å². The molecule has 0 aliphatic carbocycles. The van der Waals surface area contributed by atoms with Gasteiger partial charge in [-0.05, 0) is 12.8 Å². The van der Waals surface area contributed by atoms with Crippen LogP contribution in [-0.4, -0.2) is 61.7 Å². The predicted molar refractivity (Wildman–Crippen MR) is 67.3 cm³/mol. The van der Waals surface area contributed by atoms with E-state index in [1.807, 2.05) is 0 Å². The van der Waals surface area contributed by atoms with E-state index in [1.54, 1.807) is 11.9 Å². The van der Waals surface area contributed by atoms with E-state index in [-0.39, 0.29) is 17.9 Å². The molecule has 0 radical (unpaired) electrons. The van der Waals surface area contributed by atoms with Gasteiger partial charge in [0.05, 0.1) is 6.04 Å². The number of likely N-dealkylation sites (tertiary alicyclic amines) is 1. The Kier molecular flexibility index (Phi) is 3.17. The van der Waals surface area contributed by atoms with Crippen molar-refractivity contribution in [1.29, 1.82) is 0 Å². The maximum atomic E-state index is 12.5. The maximum absolute atomic E-state index is 12.5. The van der Waals surface area contributed by atoms with Crippen LogP contribution < -0.4 is 0 Å². The smallest absolute Gasteiger partial charge is 0.270 e. The summed E-state index contributed by atoms with van der Waals surface area (Å²) in [6, 6.07) is -0.160. The monoisotopic (exact) mass is 277 g/mol. The number of nitrogens with one attached hydrogen (secondary N) is 1. The van der Waals surface area contributed by atoms with E-state index < -0.39 is 0 Å². The summed E-state index contributed by atoms with van der Waals surface area (Å²) in [6.07, 6.45) is 2.42.